The number of benzene rings is 1. The number of pyridine rings is 1. The Labute approximate surface area is 131 Å². The Balaban J connectivity index is 1.98. The molecule has 3 nitrogen and oxygen atoms in total. The summed E-state index contributed by atoms with van der Waals surface area (Å²) in [6, 6.07) is 10.9. The Morgan fingerprint density at radius 2 is 1.91 bits per heavy atom. The molecule has 3 aromatic rings. The van der Waals surface area contributed by atoms with Gasteiger partial charge in [-0.05, 0) is 36.3 Å². The van der Waals surface area contributed by atoms with Crippen LogP contribution in [0.2, 0.25) is 0 Å². The van der Waals surface area contributed by atoms with Crippen LogP contribution in [0.15, 0.2) is 55.0 Å². The van der Waals surface area contributed by atoms with Gasteiger partial charge in [0.05, 0.1) is 17.2 Å². The first kappa shape index (κ1) is 14.5. The van der Waals surface area contributed by atoms with Crippen molar-refractivity contribution >= 4 is 0 Å². The van der Waals surface area contributed by atoms with Crippen molar-refractivity contribution in [3.63, 3.8) is 0 Å². The Bertz CT molecular complexity index is 957. The average Bonchev–Trinajstić information content (AvgIpc) is 2.94. The topological polar surface area (TPSA) is 41.6 Å². The monoisotopic (exact) mass is 305 g/mol. The number of aromatic nitrogens is 2. The summed E-state index contributed by atoms with van der Waals surface area (Å²) < 4.78 is 28.9. The third-order valence-corrected chi connectivity index (χ3v) is 3.08. The third kappa shape index (κ3) is 3.25. The van der Waals surface area contributed by atoms with Crippen molar-refractivity contribution in [1.29, 1.82) is 5.26 Å². The Morgan fingerprint density at radius 1 is 1.04 bits per heavy atom. The highest BCUT2D eigenvalue weighted by molar-refractivity contribution is 5.46. The zero-order valence-electron chi connectivity index (χ0n) is 11.8. The van der Waals surface area contributed by atoms with Gasteiger partial charge in [0.15, 0.2) is 5.82 Å². The summed E-state index contributed by atoms with van der Waals surface area (Å²) in [5.74, 6) is 4.36. The van der Waals surface area contributed by atoms with Crippen molar-refractivity contribution in [3.05, 3.63) is 83.4 Å². The number of hydrogen-bond acceptors (Lipinski definition) is 2. The van der Waals surface area contributed by atoms with Gasteiger partial charge in [-0.2, -0.15) is 5.26 Å². The van der Waals surface area contributed by atoms with Crippen molar-refractivity contribution in [3.8, 4) is 23.6 Å². The molecule has 0 aliphatic rings. The molecule has 5 heteroatoms. The predicted molar refractivity (Wildman–Crippen MR) is 80.6 cm³/mol. The van der Waals surface area contributed by atoms with Crippen LogP contribution in [0.3, 0.4) is 0 Å². The van der Waals surface area contributed by atoms with E-state index < -0.39 is 11.6 Å². The molecule has 0 atom stereocenters. The van der Waals surface area contributed by atoms with Gasteiger partial charge in [-0.25, -0.2) is 13.8 Å². The van der Waals surface area contributed by atoms with Crippen molar-refractivity contribution in [2.45, 2.75) is 0 Å². The van der Waals surface area contributed by atoms with Gasteiger partial charge in [0.25, 0.3) is 0 Å². The van der Waals surface area contributed by atoms with Crippen LogP contribution in [-0.2, 0) is 0 Å². The molecule has 0 saturated heterocycles. The lowest BCUT2D eigenvalue weighted by molar-refractivity contribution is 0.621. The lowest BCUT2D eigenvalue weighted by Crippen LogP contribution is -1.92. The lowest BCUT2D eigenvalue weighted by Gasteiger charge is -2.02. The maximum absolute atomic E-state index is 14.0. The number of rotatable bonds is 1. The Kier molecular flexibility index (Phi) is 3.86. The first-order valence-electron chi connectivity index (χ1n) is 6.67. The highest BCUT2D eigenvalue weighted by atomic mass is 19.1. The quantitative estimate of drug-likeness (QED) is 0.646. The highest BCUT2D eigenvalue weighted by Gasteiger charge is 2.08. The summed E-state index contributed by atoms with van der Waals surface area (Å²) in [4.78, 5) is 4.03. The molecule has 3 rings (SSSR count). The molecule has 0 radical (unpaired) electrons. The van der Waals surface area contributed by atoms with E-state index in [1.54, 1.807) is 24.4 Å². The molecule has 0 unspecified atom stereocenters. The molecule has 23 heavy (non-hydrogen) atoms. The van der Waals surface area contributed by atoms with E-state index in [1.165, 1.54) is 29.1 Å². The van der Waals surface area contributed by atoms with Gasteiger partial charge in [0.1, 0.15) is 11.5 Å². The van der Waals surface area contributed by atoms with E-state index in [4.69, 9.17) is 5.26 Å². The molecule has 0 fully saturated rings. The molecular formula is C18H9F2N3. The highest BCUT2D eigenvalue weighted by Crippen LogP contribution is 2.17. The molecule has 1 aromatic carbocycles. The van der Waals surface area contributed by atoms with Crippen LogP contribution < -0.4 is 0 Å². The van der Waals surface area contributed by atoms with Crippen LogP contribution >= 0.6 is 0 Å². The largest absolute Gasteiger partial charge is 0.319 e. The fourth-order valence-corrected chi connectivity index (χ4v) is 2.03. The number of nitrogens with zero attached hydrogens (tertiary/aromatic N) is 3. The molecule has 0 N–H and O–H groups in total. The first-order valence-corrected chi connectivity index (χ1v) is 6.67. The van der Waals surface area contributed by atoms with E-state index in [0.29, 0.717) is 11.4 Å². The van der Waals surface area contributed by atoms with Crippen LogP contribution in [0.25, 0.3) is 5.69 Å². The van der Waals surface area contributed by atoms with Crippen molar-refractivity contribution in [2.24, 2.45) is 0 Å². The van der Waals surface area contributed by atoms with Crippen LogP contribution in [0.1, 0.15) is 16.8 Å². The molecule has 0 aliphatic carbocycles. The maximum Gasteiger partial charge on any atom is 0.156 e. The van der Waals surface area contributed by atoms with E-state index >= 15 is 0 Å². The number of hydrogen-bond donors (Lipinski definition) is 0. The zero-order chi connectivity index (χ0) is 16.2. The molecule has 0 bridgehead atoms. The van der Waals surface area contributed by atoms with Crippen LogP contribution in [0, 0.1) is 34.8 Å². The van der Waals surface area contributed by atoms with Gasteiger partial charge in [-0.3, -0.25) is 0 Å². The average molecular weight is 305 g/mol. The molecule has 2 aromatic heterocycles. The van der Waals surface area contributed by atoms with E-state index in [9.17, 15) is 8.78 Å². The fourth-order valence-electron chi connectivity index (χ4n) is 2.03. The second kappa shape index (κ2) is 6.13. The maximum atomic E-state index is 14.0. The van der Waals surface area contributed by atoms with Gasteiger partial charge in [-0.15, -0.1) is 0 Å². The minimum atomic E-state index is -0.561. The van der Waals surface area contributed by atoms with Crippen molar-refractivity contribution in [1.82, 2.24) is 9.55 Å². The molecule has 0 aliphatic heterocycles. The number of nitriles is 1. The van der Waals surface area contributed by atoms with Crippen molar-refractivity contribution < 1.29 is 8.78 Å². The predicted octanol–water partition coefficient (Wildman–Crippen LogP) is 3.42. The minimum absolute atomic E-state index is 0.162. The fraction of sp³-hybridized carbons (Fsp3) is 0. The second-order valence-electron chi connectivity index (χ2n) is 4.70. The normalized spacial score (nSPS) is 9.78. The molecular weight excluding hydrogens is 296 g/mol. The summed E-state index contributed by atoms with van der Waals surface area (Å²) in [7, 11) is 0. The molecule has 0 saturated carbocycles. The lowest BCUT2D eigenvalue weighted by atomic mass is 10.2. The summed E-state index contributed by atoms with van der Waals surface area (Å²) in [5, 5.41) is 8.87. The van der Waals surface area contributed by atoms with Gasteiger partial charge >= 0.3 is 0 Å². The summed E-state index contributed by atoms with van der Waals surface area (Å²) in [6.45, 7) is 0. The SMILES string of the molecule is N#Cc1cc(F)cc(-n2cc(F)c(C#Cc3ccccn3)c2)c1. The Hall–Kier alpha value is -3.44. The first-order chi connectivity index (χ1) is 11.2. The van der Waals surface area contributed by atoms with Crippen LogP contribution in [-0.4, -0.2) is 9.55 Å². The second-order valence-corrected chi connectivity index (χ2v) is 4.70. The molecule has 0 amide bonds. The Morgan fingerprint density at radius 3 is 2.65 bits per heavy atom. The summed E-state index contributed by atoms with van der Waals surface area (Å²) in [5.41, 5.74) is 1.21. The number of halogens is 2. The van der Waals surface area contributed by atoms with E-state index in [-0.39, 0.29) is 11.1 Å². The zero-order valence-corrected chi connectivity index (χ0v) is 11.8. The minimum Gasteiger partial charge on any atom is -0.319 e. The molecule has 110 valence electrons. The van der Waals surface area contributed by atoms with Crippen LogP contribution in [0.4, 0.5) is 8.78 Å². The third-order valence-electron chi connectivity index (χ3n) is 3.08. The van der Waals surface area contributed by atoms with Gasteiger partial charge in [0.2, 0.25) is 0 Å². The van der Waals surface area contributed by atoms with E-state index in [1.807, 2.05) is 6.07 Å². The molecule has 2 heterocycles. The smallest absolute Gasteiger partial charge is 0.156 e. The van der Waals surface area contributed by atoms with Crippen molar-refractivity contribution in [2.75, 3.05) is 0 Å². The van der Waals surface area contributed by atoms with E-state index in [0.717, 1.165) is 6.07 Å². The van der Waals surface area contributed by atoms with Gasteiger partial charge in [-0.1, -0.05) is 12.0 Å². The standard InChI is InChI=1S/C18H9F2N3/c19-15-7-13(10-21)8-17(9-15)23-11-14(18(20)12-23)4-5-16-3-1-2-6-22-16/h1-3,6-9,11-12H. The summed E-state index contributed by atoms with van der Waals surface area (Å²) in [6.07, 6.45) is 4.24. The summed E-state index contributed by atoms with van der Waals surface area (Å²) >= 11 is 0. The van der Waals surface area contributed by atoms with Gasteiger partial charge < -0.3 is 4.57 Å². The molecule has 0 spiro atoms. The van der Waals surface area contributed by atoms with Crippen LogP contribution in [0.5, 0.6) is 0 Å². The van der Waals surface area contributed by atoms with Gasteiger partial charge in [0, 0.05) is 24.3 Å². The van der Waals surface area contributed by atoms with E-state index in [2.05, 4.69) is 16.8 Å².